The molecule has 1 aliphatic heterocycles. The maximum Gasteiger partial charge on any atom is 0.225 e. The van der Waals surface area contributed by atoms with Gasteiger partial charge in [-0.3, -0.25) is 4.79 Å². The molecule has 4 nitrogen and oxygen atoms in total. The number of amides is 1. The van der Waals surface area contributed by atoms with Crippen LogP contribution in [0.3, 0.4) is 0 Å². The molecule has 3 aliphatic rings. The van der Waals surface area contributed by atoms with Crippen molar-refractivity contribution in [3.8, 4) is 0 Å². The van der Waals surface area contributed by atoms with Gasteiger partial charge in [0.15, 0.2) is 0 Å². The Morgan fingerprint density at radius 1 is 1.18 bits per heavy atom. The second-order valence-electron chi connectivity index (χ2n) is 9.09. The maximum absolute atomic E-state index is 13.2. The van der Waals surface area contributed by atoms with Crippen molar-refractivity contribution in [2.45, 2.75) is 76.7 Å². The predicted octanol–water partition coefficient (Wildman–Crippen LogP) is 4.97. The van der Waals surface area contributed by atoms with E-state index in [1.807, 2.05) is 0 Å². The van der Waals surface area contributed by atoms with Gasteiger partial charge in [0.25, 0.3) is 0 Å². The molecular formula is C21H35Cl2N3OS. The molecule has 28 heavy (non-hydrogen) atoms. The van der Waals surface area contributed by atoms with Crippen molar-refractivity contribution in [1.29, 1.82) is 0 Å². The summed E-state index contributed by atoms with van der Waals surface area (Å²) in [5.74, 6) is 2.67. The molecule has 1 saturated heterocycles. The van der Waals surface area contributed by atoms with E-state index in [-0.39, 0.29) is 30.7 Å². The van der Waals surface area contributed by atoms with Crippen LogP contribution in [0.2, 0.25) is 0 Å². The molecule has 3 fully saturated rings. The van der Waals surface area contributed by atoms with Gasteiger partial charge < -0.3 is 10.6 Å². The van der Waals surface area contributed by atoms with E-state index in [0.717, 1.165) is 38.8 Å². The molecule has 3 unspecified atom stereocenters. The highest BCUT2D eigenvalue weighted by molar-refractivity contribution is 7.09. The van der Waals surface area contributed by atoms with E-state index in [4.69, 9.17) is 10.7 Å². The number of nitrogens with zero attached hydrogens (tertiary/aromatic N) is 2. The maximum atomic E-state index is 13.2. The van der Waals surface area contributed by atoms with Crippen LogP contribution in [-0.2, 0) is 4.79 Å². The number of hydrogen-bond donors (Lipinski definition) is 1. The monoisotopic (exact) mass is 447 g/mol. The number of piperidine rings is 1. The molecule has 0 radical (unpaired) electrons. The summed E-state index contributed by atoms with van der Waals surface area (Å²) in [5.41, 5.74) is 7.61. The average Bonchev–Trinajstić information content (AvgIpc) is 3.11. The highest BCUT2D eigenvalue weighted by Gasteiger charge is 2.42. The minimum atomic E-state index is 0. The van der Waals surface area contributed by atoms with Crippen LogP contribution in [0.15, 0.2) is 5.38 Å². The van der Waals surface area contributed by atoms with Crippen LogP contribution < -0.4 is 5.73 Å². The third-order valence-corrected chi connectivity index (χ3v) is 8.00. The van der Waals surface area contributed by atoms with Crippen LogP contribution in [0.25, 0.3) is 0 Å². The molecule has 2 heterocycles. The molecule has 0 aromatic carbocycles. The molecule has 3 atom stereocenters. The Bertz CT molecular complexity index is 639. The minimum Gasteiger partial charge on any atom is -0.342 e. The largest absolute Gasteiger partial charge is 0.342 e. The zero-order chi connectivity index (χ0) is 18.3. The van der Waals surface area contributed by atoms with Gasteiger partial charge >= 0.3 is 0 Å². The highest BCUT2D eigenvalue weighted by Crippen LogP contribution is 2.43. The zero-order valence-corrected chi connectivity index (χ0v) is 19.5. The normalized spacial score (nSPS) is 32.4. The predicted molar refractivity (Wildman–Crippen MR) is 121 cm³/mol. The first-order chi connectivity index (χ1) is 12.5. The van der Waals surface area contributed by atoms with Crippen molar-refractivity contribution in [2.75, 3.05) is 13.1 Å². The number of nitrogens with two attached hydrogens (primary N) is 1. The lowest BCUT2D eigenvalue weighted by atomic mass is 9.65. The summed E-state index contributed by atoms with van der Waals surface area (Å²) in [6.45, 7) is 6.18. The van der Waals surface area contributed by atoms with Gasteiger partial charge in [-0.15, -0.1) is 36.2 Å². The number of carbonyl (C=O) groups is 1. The second-order valence-corrected chi connectivity index (χ2v) is 9.98. The quantitative estimate of drug-likeness (QED) is 0.710. The van der Waals surface area contributed by atoms with E-state index in [2.05, 4.69) is 24.1 Å². The molecule has 4 rings (SSSR count). The summed E-state index contributed by atoms with van der Waals surface area (Å²) in [4.78, 5) is 20.3. The van der Waals surface area contributed by atoms with Crippen LogP contribution in [-0.4, -0.2) is 34.9 Å². The number of hydrogen-bond acceptors (Lipinski definition) is 4. The van der Waals surface area contributed by atoms with E-state index in [1.165, 1.54) is 30.0 Å². The van der Waals surface area contributed by atoms with Crippen LogP contribution in [0.4, 0.5) is 0 Å². The SMILES string of the molecule is CC(C)c1csc(C2CCCN(C(=O)C3CC4CCCC(C3)C4N)C2)n1.Cl.Cl. The molecule has 160 valence electrons. The minimum absolute atomic E-state index is 0. The second kappa shape index (κ2) is 10.1. The molecular weight excluding hydrogens is 413 g/mol. The van der Waals surface area contributed by atoms with Crippen LogP contribution >= 0.6 is 36.2 Å². The number of aromatic nitrogens is 1. The summed E-state index contributed by atoms with van der Waals surface area (Å²) < 4.78 is 0. The van der Waals surface area contributed by atoms with Gasteiger partial charge in [0, 0.05) is 36.3 Å². The number of rotatable bonds is 3. The number of halogens is 2. The Morgan fingerprint density at radius 3 is 2.46 bits per heavy atom. The average molecular weight is 449 g/mol. The Labute approximate surface area is 185 Å². The highest BCUT2D eigenvalue weighted by atomic mass is 35.5. The van der Waals surface area contributed by atoms with Crippen LogP contribution in [0, 0.1) is 17.8 Å². The summed E-state index contributed by atoms with van der Waals surface area (Å²) in [5, 5.41) is 3.43. The molecule has 0 spiro atoms. The van der Waals surface area contributed by atoms with Crippen LogP contribution in [0.5, 0.6) is 0 Å². The van der Waals surface area contributed by atoms with Crippen molar-refractivity contribution >= 4 is 42.1 Å². The molecule has 1 aromatic heterocycles. The van der Waals surface area contributed by atoms with E-state index >= 15 is 0 Å². The number of likely N-dealkylation sites (tertiary alicyclic amines) is 1. The van der Waals surface area contributed by atoms with E-state index in [9.17, 15) is 4.79 Å². The molecule has 1 amide bonds. The zero-order valence-electron chi connectivity index (χ0n) is 17.0. The van der Waals surface area contributed by atoms with Gasteiger partial charge in [0.2, 0.25) is 5.91 Å². The van der Waals surface area contributed by atoms with Gasteiger partial charge in [-0.25, -0.2) is 4.98 Å². The van der Waals surface area contributed by atoms with Crippen molar-refractivity contribution in [3.63, 3.8) is 0 Å². The molecule has 2 N–H and O–H groups in total. The van der Waals surface area contributed by atoms with E-state index in [0.29, 0.717) is 35.6 Å². The van der Waals surface area contributed by atoms with Gasteiger partial charge in [-0.2, -0.15) is 0 Å². The third-order valence-electron chi connectivity index (χ3n) is 6.98. The van der Waals surface area contributed by atoms with Crippen LogP contribution in [0.1, 0.15) is 81.3 Å². The summed E-state index contributed by atoms with van der Waals surface area (Å²) in [6, 6.07) is 0.340. The fourth-order valence-electron chi connectivity index (χ4n) is 5.38. The first-order valence-corrected chi connectivity index (χ1v) is 11.4. The van der Waals surface area contributed by atoms with Gasteiger partial charge in [-0.05, 0) is 56.3 Å². The Morgan fingerprint density at radius 2 is 1.86 bits per heavy atom. The molecule has 2 saturated carbocycles. The van der Waals surface area contributed by atoms with Gasteiger partial charge in [0.05, 0.1) is 10.7 Å². The smallest absolute Gasteiger partial charge is 0.225 e. The number of carbonyl (C=O) groups excluding carboxylic acids is 1. The Kier molecular flexibility index (Phi) is 8.63. The lowest BCUT2D eigenvalue weighted by molar-refractivity contribution is -0.139. The first kappa shape index (κ1) is 23.9. The lowest BCUT2D eigenvalue weighted by Crippen LogP contribution is -2.50. The summed E-state index contributed by atoms with van der Waals surface area (Å²) >= 11 is 1.78. The number of thiazole rings is 1. The van der Waals surface area contributed by atoms with Crippen molar-refractivity contribution in [2.24, 2.45) is 23.5 Å². The molecule has 2 bridgehead atoms. The van der Waals surface area contributed by atoms with E-state index < -0.39 is 0 Å². The van der Waals surface area contributed by atoms with Crippen molar-refractivity contribution in [1.82, 2.24) is 9.88 Å². The molecule has 1 aromatic rings. The lowest BCUT2D eigenvalue weighted by Gasteiger charge is -2.45. The topological polar surface area (TPSA) is 59.2 Å². The fourth-order valence-corrected chi connectivity index (χ4v) is 6.49. The van der Waals surface area contributed by atoms with E-state index in [1.54, 1.807) is 11.3 Å². The Balaban J connectivity index is 0.00000140. The standard InChI is InChI=1S/C21H33N3OS.2ClH/c1-13(2)18-12-26-20(23-18)16-7-4-8-24(11-16)21(25)17-9-14-5-3-6-15(10-17)19(14)22;;/h12-17,19H,3-11,22H2,1-2H3;2*1H. The first-order valence-electron chi connectivity index (χ1n) is 10.5. The number of fused-ring (bicyclic) bond motifs is 2. The van der Waals surface area contributed by atoms with Gasteiger partial charge in [-0.1, -0.05) is 20.3 Å². The van der Waals surface area contributed by atoms with Crippen molar-refractivity contribution < 1.29 is 4.79 Å². The van der Waals surface area contributed by atoms with Gasteiger partial charge in [0.1, 0.15) is 0 Å². The fraction of sp³-hybridized carbons (Fsp3) is 0.810. The third kappa shape index (κ3) is 4.85. The summed E-state index contributed by atoms with van der Waals surface area (Å²) in [7, 11) is 0. The summed E-state index contributed by atoms with van der Waals surface area (Å²) in [6.07, 6.45) is 8.06. The van der Waals surface area contributed by atoms with Crippen molar-refractivity contribution in [3.05, 3.63) is 16.1 Å². The molecule has 2 aliphatic carbocycles. The molecule has 7 heteroatoms. The Hall–Kier alpha value is -0.360.